The maximum Gasteiger partial charge on any atom is 0.336 e. The highest BCUT2D eigenvalue weighted by Crippen LogP contribution is 2.25. The van der Waals surface area contributed by atoms with Crippen molar-refractivity contribution < 1.29 is 9.90 Å². The Hall–Kier alpha value is -2.35. The molecule has 0 saturated heterocycles. The highest BCUT2D eigenvalue weighted by molar-refractivity contribution is 6.19. The summed E-state index contributed by atoms with van der Waals surface area (Å²) in [6.07, 6.45) is 3.01. The van der Waals surface area contributed by atoms with Crippen LogP contribution in [0.3, 0.4) is 0 Å². The fourth-order valence-corrected chi connectivity index (χ4v) is 1.85. The zero-order valence-electron chi connectivity index (χ0n) is 9.26. The van der Waals surface area contributed by atoms with Crippen LogP contribution in [0.2, 0.25) is 0 Å². The van der Waals surface area contributed by atoms with E-state index in [1.54, 1.807) is 0 Å². The molecule has 0 amide bonds. The number of rotatable bonds is 3. The zero-order valence-corrected chi connectivity index (χ0v) is 9.26. The molecule has 2 rings (SSSR count). The van der Waals surface area contributed by atoms with Gasteiger partial charge in [-0.25, -0.2) is 4.79 Å². The Kier molecular flexibility index (Phi) is 3.06. The van der Waals surface area contributed by atoms with Crippen LogP contribution in [0.25, 0.3) is 16.3 Å². The van der Waals surface area contributed by atoms with Gasteiger partial charge in [0.15, 0.2) is 0 Å². The molecule has 1 N–H and O–H groups in total. The molecule has 0 unspecified atom stereocenters. The van der Waals surface area contributed by atoms with E-state index >= 15 is 0 Å². The van der Waals surface area contributed by atoms with Crippen molar-refractivity contribution in [1.82, 2.24) is 0 Å². The average molecular weight is 224 g/mol. The van der Waals surface area contributed by atoms with E-state index in [0.717, 1.165) is 16.3 Å². The van der Waals surface area contributed by atoms with Crippen LogP contribution in [0.4, 0.5) is 0 Å². The first kappa shape index (κ1) is 11.1. The van der Waals surface area contributed by atoms with Crippen LogP contribution in [0, 0.1) is 0 Å². The summed E-state index contributed by atoms with van der Waals surface area (Å²) < 4.78 is 0. The van der Waals surface area contributed by atoms with Gasteiger partial charge in [-0.3, -0.25) is 0 Å². The molecule has 0 radical (unpaired) electrons. The summed E-state index contributed by atoms with van der Waals surface area (Å²) in [4.78, 5) is 11.2. The van der Waals surface area contributed by atoms with Gasteiger partial charge in [0.25, 0.3) is 0 Å². The van der Waals surface area contributed by atoms with Crippen LogP contribution in [0.15, 0.2) is 61.2 Å². The molecular formula is C15H12O2. The lowest BCUT2D eigenvalue weighted by Crippen LogP contribution is -2.00. The molecule has 0 aliphatic heterocycles. The molecule has 2 aromatic carbocycles. The maximum atomic E-state index is 11.2. The van der Waals surface area contributed by atoms with Gasteiger partial charge >= 0.3 is 5.97 Å². The smallest absolute Gasteiger partial charge is 0.336 e. The zero-order chi connectivity index (χ0) is 12.3. The van der Waals surface area contributed by atoms with Gasteiger partial charge < -0.3 is 5.11 Å². The lowest BCUT2D eigenvalue weighted by molar-refractivity contribution is -0.130. The molecule has 0 aliphatic rings. The minimum Gasteiger partial charge on any atom is -0.478 e. The molecule has 0 heterocycles. The molecule has 2 heteroatoms. The number of fused-ring (bicyclic) bond motifs is 1. The number of aliphatic carboxylic acids is 1. The fourth-order valence-electron chi connectivity index (χ4n) is 1.85. The number of carboxylic acids is 1. The highest BCUT2D eigenvalue weighted by Gasteiger charge is 2.11. The van der Waals surface area contributed by atoms with Gasteiger partial charge in [0.2, 0.25) is 0 Å². The third kappa shape index (κ3) is 2.11. The third-order valence-electron chi connectivity index (χ3n) is 2.59. The van der Waals surface area contributed by atoms with Crippen LogP contribution in [-0.4, -0.2) is 11.1 Å². The van der Waals surface area contributed by atoms with E-state index < -0.39 is 5.97 Å². The number of allylic oxidation sites excluding steroid dienone is 2. The molecule has 0 spiro atoms. The molecule has 0 bridgehead atoms. The van der Waals surface area contributed by atoms with Gasteiger partial charge in [0, 0.05) is 0 Å². The molecule has 17 heavy (non-hydrogen) atoms. The topological polar surface area (TPSA) is 37.3 Å². The average Bonchev–Trinajstić information content (AvgIpc) is 2.35. The SMILES string of the molecule is C=CC=C(C(=O)O)c1cccc2ccccc12. The molecule has 0 aromatic heterocycles. The Bertz CT molecular complexity index is 604. The number of carbonyl (C=O) groups is 1. The van der Waals surface area contributed by atoms with Crippen LogP contribution in [-0.2, 0) is 4.79 Å². The van der Waals surface area contributed by atoms with Crippen LogP contribution in [0.1, 0.15) is 5.56 Å². The Morgan fingerprint density at radius 2 is 1.82 bits per heavy atom. The van der Waals surface area contributed by atoms with Crippen LogP contribution in [0.5, 0.6) is 0 Å². The van der Waals surface area contributed by atoms with Crippen molar-refractivity contribution in [3.63, 3.8) is 0 Å². The van der Waals surface area contributed by atoms with E-state index in [1.807, 2.05) is 42.5 Å². The Labute approximate surface area is 99.5 Å². The molecule has 2 aromatic rings. The summed E-state index contributed by atoms with van der Waals surface area (Å²) >= 11 is 0. The number of benzene rings is 2. The van der Waals surface area contributed by atoms with Crippen molar-refractivity contribution in [1.29, 1.82) is 0 Å². The third-order valence-corrected chi connectivity index (χ3v) is 2.59. The predicted molar refractivity (Wildman–Crippen MR) is 69.8 cm³/mol. The summed E-state index contributed by atoms with van der Waals surface area (Å²) in [5.41, 5.74) is 0.979. The van der Waals surface area contributed by atoms with Crippen molar-refractivity contribution in [2.75, 3.05) is 0 Å². The normalized spacial score (nSPS) is 11.4. The van der Waals surface area contributed by atoms with Crippen LogP contribution < -0.4 is 0 Å². The van der Waals surface area contributed by atoms with E-state index in [0.29, 0.717) is 0 Å². The first-order valence-electron chi connectivity index (χ1n) is 5.28. The van der Waals surface area contributed by atoms with Crippen molar-refractivity contribution >= 4 is 22.3 Å². The lowest BCUT2D eigenvalue weighted by atomic mass is 9.98. The van der Waals surface area contributed by atoms with Crippen molar-refractivity contribution in [2.45, 2.75) is 0 Å². The van der Waals surface area contributed by atoms with E-state index in [-0.39, 0.29) is 5.57 Å². The molecule has 2 nitrogen and oxygen atoms in total. The first-order chi connectivity index (χ1) is 8.24. The van der Waals surface area contributed by atoms with Crippen molar-refractivity contribution in [3.05, 3.63) is 66.8 Å². The van der Waals surface area contributed by atoms with E-state index in [9.17, 15) is 9.90 Å². The molecule has 0 aliphatic carbocycles. The second kappa shape index (κ2) is 4.66. The fraction of sp³-hybridized carbons (Fsp3) is 0. The van der Waals surface area contributed by atoms with Crippen LogP contribution >= 0.6 is 0 Å². The maximum absolute atomic E-state index is 11.2. The minimum atomic E-state index is -0.943. The monoisotopic (exact) mass is 224 g/mol. The van der Waals surface area contributed by atoms with Crippen molar-refractivity contribution in [2.24, 2.45) is 0 Å². The number of hydrogen-bond acceptors (Lipinski definition) is 1. The molecule has 0 saturated carbocycles. The number of hydrogen-bond donors (Lipinski definition) is 1. The first-order valence-corrected chi connectivity index (χ1v) is 5.28. The van der Waals surface area contributed by atoms with Gasteiger partial charge in [0.1, 0.15) is 0 Å². The molecule has 0 atom stereocenters. The molecule has 0 fully saturated rings. The molecular weight excluding hydrogens is 212 g/mol. The highest BCUT2D eigenvalue weighted by atomic mass is 16.4. The van der Waals surface area contributed by atoms with Gasteiger partial charge in [0.05, 0.1) is 5.57 Å². The summed E-state index contributed by atoms with van der Waals surface area (Å²) in [5.74, 6) is -0.943. The Balaban J connectivity index is 2.74. The standard InChI is InChI=1S/C15H12O2/c1-2-6-14(15(16)17)13-10-5-8-11-7-3-4-9-12(11)13/h2-10H,1H2,(H,16,17). The van der Waals surface area contributed by atoms with E-state index in [1.165, 1.54) is 12.2 Å². The van der Waals surface area contributed by atoms with E-state index in [4.69, 9.17) is 0 Å². The van der Waals surface area contributed by atoms with Gasteiger partial charge in [-0.1, -0.05) is 55.1 Å². The summed E-state index contributed by atoms with van der Waals surface area (Å²) in [5, 5.41) is 11.2. The Morgan fingerprint density at radius 1 is 1.12 bits per heavy atom. The minimum absolute atomic E-state index is 0.261. The quantitative estimate of drug-likeness (QED) is 0.640. The second-order valence-corrected chi connectivity index (χ2v) is 3.65. The lowest BCUT2D eigenvalue weighted by Gasteiger charge is -2.06. The van der Waals surface area contributed by atoms with Gasteiger partial charge in [-0.05, 0) is 22.4 Å². The largest absolute Gasteiger partial charge is 0.478 e. The summed E-state index contributed by atoms with van der Waals surface area (Å²) in [6.45, 7) is 3.55. The predicted octanol–water partition coefficient (Wildman–Crippen LogP) is 3.49. The van der Waals surface area contributed by atoms with Gasteiger partial charge in [-0.15, -0.1) is 0 Å². The second-order valence-electron chi connectivity index (χ2n) is 3.65. The summed E-state index contributed by atoms with van der Waals surface area (Å²) in [6, 6.07) is 13.4. The van der Waals surface area contributed by atoms with Gasteiger partial charge in [-0.2, -0.15) is 0 Å². The van der Waals surface area contributed by atoms with E-state index in [2.05, 4.69) is 6.58 Å². The van der Waals surface area contributed by atoms with Crippen molar-refractivity contribution in [3.8, 4) is 0 Å². The summed E-state index contributed by atoms with van der Waals surface area (Å²) in [7, 11) is 0. The molecule has 84 valence electrons. The Morgan fingerprint density at radius 3 is 2.53 bits per heavy atom. The number of carboxylic acid groups (broad SMARTS) is 1.